The molecule has 0 saturated heterocycles. The molecule has 1 aliphatic carbocycles. The molecule has 1 aliphatic rings. The minimum Gasteiger partial charge on any atom is -0.296 e. The number of likely N-dealkylation sites (N-methyl/N-ethyl adjacent to an activating group) is 1. The number of benzene rings is 1. The van der Waals surface area contributed by atoms with Gasteiger partial charge in [0, 0.05) is 12.1 Å². The lowest BCUT2D eigenvalue weighted by molar-refractivity contribution is 0.0863. The van der Waals surface area contributed by atoms with Gasteiger partial charge in [-0.1, -0.05) is 36.8 Å². The van der Waals surface area contributed by atoms with Gasteiger partial charge in [-0.25, -0.2) is 0 Å². The standard InChI is InChI=1S/C16H23NO/c1-11-5-7-14(8-6-11)16(18)13(3)17(4)10-15-9-12(15)2/h5-8,12-13,15H,9-10H2,1-4H3. The Morgan fingerprint density at radius 3 is 2.44 bits per heavy atom. The van der Waals surface area contributed by atoms with E-state index in [0.717, 1.165) is 23.9 Å². The quantitative estimate of drug-likeness (QED) is 0.743. The van der Waals surface area contributed by atoms with Crippen LogP contribution in [-0.4, -0.2) is 30.3 Å². The number of hydrogen-bond acceptors (Lipinski definition) is 2. The molecule has 0 aliphatic heterocycles. The molecule has 1 saturated carbocycles. The molecule has 98 valence electrons. The topological polar surface area (TPSA) is 20.3 Å². The zero-order valence-corrected chi connectivity index (χ0v) is 11.8. The van der Waals surface area contributed by atoms with Gasteiger partial charge in [0.05, 0.1) is 6.04 Å². The lowest BCUT2D eigenvalue weighted by Gasteiger charge is -2.23. The first-order valence-electron chi connectivity index (χ1n) is 6.80. The molecule has 3 atom stereocenters. The van der Waals surface area contributed by atoms with Gasteiger partial charge in [0.15, 0.2) is 5.78 Å². The van der Waals surface area contributed by atoms with E-state index in [1.807, 2.05) is 38.1 Å². The van der Waals surface area contributed by atoms with Crippen LogP contribution in [0.2, 0.25) is 0 Å². The van der Waals surface area contributed by atoms with Crippen molar-refractivity contribution in [2.45, 2.75) is 33.2 Å². The van der Waals surface area contributed by atoms with E-state index >= 15 is 0 Å². The predicted octanol–water partition coefficient (Wildman–Crippen LogP) is 3.15. The highest BCUT2D eigenvalue weighted by atomic mass is 16.1. The average Bonchev–Trinajstić information content (AvgIpc) is 3.04. The Bertz CT molecular complexity index is 423. The van der Waals surface area contributed by atoms with E-state index in [1.54, 1.807) is 0 Å². The smallest absolute Gasteiger partial charge is 0.179 e. The normalized spacial score (nSPS) is 24.1. The summed E-state index contributed by atoms with van der Waals surface area (Å²) in [6, 6.07) is 7.84. The van der Waals surface area contributed by atoms with Gasteiger partial charge >= 0.3 is 0 Å². The lowest BCUT2D eigenvalue weighted by atomic mass is 10.0. The number of Topliss-reactive ketones (excluding diaryl/α,β-unsaturated/α-hetero) is 1. The molecule has 0 bridgehead atoms. The van der Waals surface area contributed by atoms with Crippen LogP contribution in [0.4, 0.5) is 0 Å². The summed E-state index contributed by atoms with van der Waals surface area (Å²) in [4.78, 5) is 14.5. The van der Waals surface area contributed by atoms with Crippen molar-refractivity contribution in [3.63, 3.8) is 0 Å². The predicted molar refractivity (Wildman–Crippen MR) is 74.9 cm³/mol. The molecule has 18 heavy (non-hydrogen) atoms. The molecule has 3 unspecified atom stereocenters. The fourth-order valence-corrected chi connectivity index (χ4v) is 2.34. The highest BCUT2D eigenvalue weighted by molar-refractivity contribution is 5.99. The van der Waals surface area contributed by atoms with Crippen molar-refractivity contribution in [3.05, 3.63) is 35.4 Å². The summed E-state index contributed by atoms with van der Waals surface area (Å²) in [5.74, 6) is 1.86. The summed E-state index contributed by atoms with van der Waals surface area (Å²) in [6.45, 7) is 7.37. The molecule has 2 rings (SSSR count). The first kappa shape index (κ1) is 13.3. The Hall–Kier alpha value is -1.15. The van der Waals surface area contributed by atoms with Crippen LogP contribution in [0.1, 0.15) is 36.2 Å². The molecule has 2 nitrogen and oxygen atoms in total. The summed E-state index contributed by atoms with van der Waals surface area (Å²) in [5, 5.41) is 0. The summed E-state index contributed by atoms with van der Waals surface area (Å²) in [7, 11) is 2.06. The van der Waals surface area contributed by atoms with Crippen LogP contribution < -0.4 is 0 Å². The summed E-state index contributed by atoms with van der Waals surface area (Å²) in [6.07, 6.45) is 1.32. The van der Waals surface area contributed by atoms with Crippen LogP contribution in [0.5, 0.6) is 0 Å². The molecule has 0 spiro atoms. The fourth-order valence-electron chi connectivity index (χ4n) is 2.34. The number of hydrogen-bond donors (Lipinski definition) is 0. The molecule has 2 heteroatoms. The molecule has 0 heterocycles. The average molecular weight is 245 g/mol. The van der Waals surface area contributed by atoms with E-state index in [-0.39, 0.29) is 11.8 Å². The Morgan fingerprint density at radius 1 is 1.39 bits per heavy atom. The maximum absolute atomic E-state index is 12.3. The van der Waals surface area contributed by atoms with Crippen LogP contribution in [0.3, 0.4) is 0 Å². The minimum absolute atomic E-state index is 0.0273. The van der Waals surface area contributed by atoms with Crippen LogP contribution in [0.15, 0.2) is 24.3 Å². The number of nitrogens with zero attached hydrogens (tertiary/aromatic N) is 1. The number of rotatable bonds is 5. The van der Waals surface area contributed by atoms with Gasteiger partial charge in [0.2, 0.25) is 0 Å². The van der Waals surface area contributed by atoms with Crippen LogP contribution in [0.25, 0.3) is 0 Å². The van der Waals surface area contributed by atoms with E-state index in [4.69, 9.17) is 0 Å². The third-order valence-corrected chi connectivity index (χ3v) is 4.18. The molecule has 0 radical (unpaired) electrons. The molecule has 0 N–H and O–H groups in total. The van der Waals surface area contributed by atoms with Crippen LogP contribution >= 0.6 is 0 Å². The highest BCUT2D eigenvalue weighted by Crippen LogP contribution is 2.38. The highest BCUT2D eigenvalue weighted by Gasteiger charge is 2.34. The fraction of sp³-hybridized carbons (Fsp3) is 0.562. The Kier molecular flexibility index (Phi) is 3.86. The number of ketones is 1. The Balaban J connectivity index is 1.97. The van der Waals surface area contributed by atoms with Crippen molar-refractivity contribution < 1.29 is 4.79 Å². The van der Waals surface area contributed by atoms with Gasteiger partial charge in [-0.2, -0.15) is 0 Å². The van der Waals surface area contributed by atoms with Gasteiger partial charge in [-0.3, -0.25) is 9.69 Å². The molecule has 0 amide bonds. The molecule has 0 aromatic heterocycles. The molecular weight excluding hydrogens is 222 g/mol. The summed E-state index contributed by atoms with van der Waals surface area (Å²) >= 11 is 0. The van der Waals surface area contributed by atoms with Crippen molar-refractivity contribution in [2.24, 2.45) is 11.8 Å². The molecule has 1 aromatic carbocycles. The lowest BCUT2D eigenvalue weighted by Crippen LogP contribution is -2.37. The van der Waals surface area contributed by atoms with Gasteiger partial charge in [0.25, 0.3) is 0 Å². The van der Waals surface area contributed by atoms with Crippen molar-refractivity contribution >= 4 is 5.78 Å². The third kappa shape index (κ3) is 2.99. The van der Waals surface area contributed by atoms with Crippen molar-refractivity contribution in [1.29, 1.82) is 0 Å². The van der Waals surface area contributed by atoms with E-state index in [9.17, 15) is 4.79 Å². The van der Waals surface area contributed by atoms with Crippen LogP contribution in [-0.2, 0) is 0 Å². The second kappa shape index (κ2) is 5.23. The summed E-state index contributed by atoms with van der Waals surface area (Å²) in [5.41, 5.74) is 2.02. The first-order valence-corrected chi connectivity index (χ1v) is 6.80. The van der Waals surface area contributed by atoms with E-state index in [1.165, 1.54) is 12.0 Å². The van der Waals surface area contributed by atoms with Gasteiger partial charge < -0.3 is 0 Å². The minimum atomic E-state index is -0.0273. The van der Waals surface area contributed by atoms with Crippen molar-refractivity contribution in [3.8, 4) is 0 Å². The largest absolute Gasteiger partial charge is 0.296 e. The van der Waals surface area contributed by atoms with E-state index < -0.39 is 0 Å². The van der Waals surface area contributed by atoms with Crippen LogP contribution in [0, 0.1) is 18.8 Å². The first-order chi connectivity index (χ1) is 8.49. The Morgan fingerprint density at radius 2 is 1.94 bits per heavy atom. The third-order valence-electron chi connectivity index (χ3n) is 4.18. The van der Waals surface area contributed by atoms with Gasteiger partial charge in [-0.15, -0.1) is 0 Å². The van der Waals surface area contributed by atoms with E-state index in [2.05, 4.69) is 18.9 Å². The maximum atomic E-state index is 12.3. The Labute approximate surface area is 110 Å². The second-order valence-corrected chi connectivity index (χ2v) is 5.82. The zero-order valence-electron chi connectivity index (χ0n) is 11.8. The van der Waals surface area contributed by atoms with Crippen molar-refractivity contribution in [1.82, 2.24) is 4.90 Å². The second-order valence-electron chi connectivity index (χ2n) is 5.82. The SMILES string of the molecule is Cc1ccc(C(=O)C(C)N(C)CC2CC2C)cc1. The van der Waals surface area contributed by atoms with E-state index in [0.29, 0.717) is 0 Å². The molecule has 1 fully saturated rings. The van der Waals surface area contributed by atoms with Gasteiger partial charge in [-0.05, 0) is 39.2 Å². The maximum Gasteiger partial charge on any atom is 0.179 e. The van der Waals surface area contributed by atoms with Crippen molar-refractivity contribution in [2.75, 3.05) is 13.6 Å². The zero-order chi connectivity index (χ0) is 13.3. The molecular formula is C16H23NO. The monoisotopic (exact) mass is 245 g/mol. The van der Waals surface area contributed by atoms with Gasteiger partial charge in [0.1, 0.15) is 0 Å². The number of carbonyl (C=O) groups excluding carboxylic acids is 1. The summed E-state index contributed by atoms with van der Waals surface area (Å²) < 4.78 is 0. The molecule has 1 aromatic rings. The number of carbonyl (C=O) groups is 1. The number of aryl methyl sites for hydroxylation is 1.